The molecule has 4 fully saturated rings. The maximum atomic E-state index is 11.8. The minimum atomic E-state index is -0.114. The lowest BCUT2D eigenvalue weighted by Gasteiger charge is -2.70. The Morgan fingerprint density at radius 1 is 0.882 bits per heavy atom. The van der Waals surface area contributed by atoms with Crippen molar-refractivity contribution >= 4 is 5.97 Å². The number of carbonyl (C=O) groups excluding carboxylic acids is 1. The van der Waals surface area contributed by atoms with Gasteiger partial charge in [0.2, 0.25) is 0 Å². The summed E-state index contributed by atoms with van der Waals surface area (Å²) < 4.78 is 5.89. The van der Waals surface area contributed by atoms with E-state index < -0.39 is 0 Å². The van der Waals surface area contributed by atoms with Crippen LogP contribution < -0.4 is 0 Å². The van der Waals surface area contributed by atoms with Gasteiger partial charge in [-0.3, -0.25) is 4.79 Å². The van der Waals surface area contributed by atoms with Crippen LogP contribution in [0, 0.1) is 45.3 Å². The Labute approximate surface area is 210 Å². The van der Waals surface area contributed by atoms with Gasteiger partial charge in [-0.1, -0.05) is 58.4 Å². The molecule has 0 aromatic carbocycles. The number of ether oxygens (including phenoxy) is 1. The van der Waals surface area contributed by atoms with Gasteiger partial charge in [0.25, 0.3) is 0 Å². The van der Waals surface area contributed by atoms with Crippen LogP contribution in [0.25, 0.3) is 0 Å². The second-order valence-corrected chi connectivity index (χ2v) is 14.3. The lowest BCUT2D eigenvalue weighted by molar-refractivity contribution is -0.226. The summed E-state index contributed by atoms with van der Waals surface area (Å²) in [5.41, 5.74) is 4.17. The molecule has 34 heavy (non-hydrogen) atoms. The van der Waals surface area contributed by atoms with Crippen LogP contribution in [-0.4, -0.2) is 12.1 Å². The first-order valence-electron chi connectivity index (χ1n) is 14.3. The molecule has 0 N–H and O–H groups in total. The molecule has 8 atom stereocenters. The van der Waals surface area contributed by atoms with Crippen molar-refractivity contribution in [3.05, 3.63) is 23.8 Å². The predicted octanol–water partition coefficient (Wildman–Crippen LogP) is 8.91. The van der Waals surface area contributed by atoms with Gasteiger partial charge in [0.15, 0.2) is 0 Å². The van der Waals surface area contributed by atoms with E-state index >= 15 is 0 Å². The zero-order valence-electron chi connectivity index (χ0n) is 23.6. The molecule has 0 aliphatic heterocycles. The number of hydrogen-bond donors (Lipinski definition) is 0. The van der Waals surface area contributed by atoms with Crippen LogP contribution in [0.2, 0.25) is 0 Å². The van der Waals surface area contributed by atoms with Crippen LogP contribution in [0.3, 0.4) is 0 Å². The number of fused-ring (bicyclic) bond motifs is 5. The van der Waals surface area contributed by atoms with E-state index in [0.29, 0.717) is 22.2 Å². The monoisotopic (exact) mass is 468 g/mol. The molecule has 0 aromatic rings. The van der Waals surface area contributed by atoms with Gasteiger partial charge in [-0.2, -0.15) is 0 Å². The van der Waals surface area contributed by atoms with Crippen LogP contribution in [-0.2, 0) is 9.53 Å². The van der Waals surface area contributed by atoms with Gasteiger partial charge >= 0.3 is 5.97 Å². The highest BCUT2D eigenvalue weighted by atomic mass is 16.5. The third kappa shape index (κ3) is 3.85. The van der Waals surface area contributed by atoms with E-state index in [1.54, 1.807) is 6.92 Å². The van der Waals surface area contributed by atoms with Crippen LogP contribution >= 0.6 is 0 Å². The van der Waals surface area contributed by atoms with Crippen molar-refractivity contribution in [2.24, 2.45) is 45.3 Å². The molecule has 4 aliphatic rings. The third-order valence-electron chi connectivity index (χ3n) is 12.2. The smallest absolute Gasteiger partial charge is 0.302 e. The van der Waals surface area contributed by atoms with Crippen molar-refractivity contribution in [1.29, 1.82) is 0 Å². The third-order valence-corrected chi connectivity index (χ3v) is 12.2. The molecule has 4 saturated carbocycles. The average molecular weight is 469 g/mol. The highest BCUT2D eigenvalue weighted by Crippen LogP contribution is 2.75. The van der Waals surface area contributed by atoms with Gasteiger partial charge in [0.05, 0.1) is 0 Å². The summed E-state index contributed by atoms with van der Waals surface area (Å²) >= 11 is 0. The highest BCUT2D eigenvalue weighted by Gasteiger charge is 2.68. The van der Waals surface area contributed by atoms with Crippen molar-refractivity contribution < 1.29 is 9.53 Å². The van der Waals surface area contributed by atoms with Crippen molar-refractivity contribution in [2.75, 3.05) is 0 Å². The van der Waals surface area contributed by atoms with Crippen molar-refractivity contribution in [3.63, 3.8) is 0 Å². The largest absolute Gasteiger partial charge is 0.462 e. The second-order valence-electron chi connectivity index (χ2n) is 14.3. The summed E-state index contributed by atoms with van der Waals surface area (Å²) in [6.07, 6.45) is 15.1. The summed E-state index contributed by atoms with van der Waals surface area (Å²) in [4.78, 5) is 11.8. The molecule has 4 aliphatic carbocycles. The molecule has 0 saturated heterocycles. The quantitative estimate of drug-likeness (QED) is 0.297. The lowest BCUT2D eigenvalue weighted by Crippen LogP contribution is -2.64. The Hall–Kier alpha value is -1.05. The number of esters is 1. The molecule has 2 unspecified atom stereocenters. The molecule has 4 rings (SSSR count). The molecule has 0 spiro atoms. The van der Waals surface area contributed by atoms with E-state index in [1.807, 2.05) is 0 Å². The fraction of sp³-hybridized carbons (Fsp3) is 0.844. The minimum absolute atomic E-state index is 0.0508. The average Bonchev–Trinajstić information content (AvgIpc) is 3.08. The van der Waals surface area contributed by atoms with Crippen LogP contribution in [0.4, 0.5) is 0 Å². The van der Waals surface area contributed by atoms with Gasteiger partial charge in [0.1, 0.15) is 6.10 Å². The standard InChI is InChI=1S/C32H52O2/c1-21(2)11-10-12-22(3)24-15-19-31(8)25(24)13-14-27-30(7)18-17-28(34-23(4)33)29(5,6)26(30)16-20-32(27,31)9/h11,24-28H,3,10,12-20H2,1-2,4-9H3/t24-,25+,26?,27?,28+,30+,31+,32-/m0/s1. The normalized spacial score (nSPS) is 44.9. The zero-order valence-corrected chi connectivity index (χ0v) is 23.6. The Kier molecular flexibility index (Phi) is 6.74. The summed E-state index contributed by atoms with van der Waals surface area (Å²) in [5, 5.41) is 0. The second kappa shape index (κ2) is 8.81. The first-order chi connectivity index (χ1) is 15.8. The van der Waals surface area contributed by atoms with E-state index in [9.17, 15) is 4.79 Å². The van der Waals surface area contributed by atoms with Gasteiger partial charge < -0.3 is 4.74 Å². The maximum absolute atomic E-state index is 11.8. The molecular formula is C32H52O2. The molecule has 2 nitrogen and oxygen atoms in total. The van der Waals surface area contributed by atoms with E-state index in [4.69, 9.17) is 4.74 Å². The fourth-order valence-electron chi connectivity index (χ4n) is 10.4. The van der Waals surface area contributed by atoms with Crippen molar-refractivity contribution in [1.82, 2.24) is 0 Å². The van der Waals surface area contributed by atoms with Crippen LogP contribution in [0.5, 0.6) is 0 Å². The fourth-order valence-corrected chi connectivity index (χ4v) is 10.4. The molecule has 0 heterocycles. The number of carbonyl (C=O) groups is 1. The summed E-state index contributed by atoms with van der Waals surface area (Å²) in [6.45, 7) is 23.4. The molecule has 0 radical (unpaired) electrons. The van der Waals surface area contributed by atoms with Crippen molar-refractivity contribution in [2.45, 2.75) is 126 Å². The Morgan fingerprint density at radius 2 is 1.56 bits per heavy atom. The van der Waals surface area contributed by atoms with Gasteiger partial charge in [-0.05, 0) is 118 Å². The van der Waals surface area contributed by atoms with Crippen LogP contribution in [0.1, 0.15) is 120 Å². The first-order valence-corrected chi connectivity index (χ1v) is 14.3. The summed E-state index contributed by atoms with van der Waals surface area (Å²) in [5.74, 6) is 2.81. The number of rotatable bonds is 5. The Morgan fingerprint density at radius 3 is 2.21 bits per heavy atom. The molecule has 192 valence electrons. The van der Waals surface area contributed by atoms with Crippen molar-refractivity contribution in [3.8, 4) is 0 Å². The Bertz CT molecular complexity index is 847. The maximum Gasteiger partial charge on any atom is 0.302 e. The highest BCUT2D eigenvalue weighted by molar-refractivity contribution is 5.66. The van der Waals surface area contributed by atoms with E-state index in [0.717, 1.165) is 37.0 Å². The topological polar surface area (TPSA) is 26.3 Å². The van der Waals surface area contributed by atoms with Gasteiger partial charge in [-0.25, -0.2) is 0 Å². The zero-order chi connectivity index (χ0) is 25.1. The van der Waals surface area contributed by atoms with Crippen LogP contribution in [0.15, 0.2) is 23.8 Å². The lowest BCUT2D eigenvalue weighted by atomic mass is 9.35. The molecule has 0 aromatic heterocycles. The van der Waals surface area contributed by atoms with Gasteiger partial charge in [-0.15, -0.1) is 0 Å². The molecular weight excluding hydrogens is 416 g/mol. The number of allylic oxidation sites excluding steroid dienone is 3. The molecule has 0 amide bonds. The SMILES string of the molecule is C=C(CCC=C(C)C)[C@@H]1CC[C@]2(C)[C@@H]1CCC1[C@]3(C)CC[C@@H](OC(C)=O)C(C)(C)C3CC[C@@]12C. The molecule has 2 heteroatoms. The Balaban J connectivity index is 1.57. The van der Waals surface area contributed by atoms with E-state index in [2.05, 4.69) is 61.1 Å². The minimum Gasteiger partial charge on any atom is -0.462 e. The summed E-state index contributed by atoms with van der Waals surface area (Å²) in [6, 6.07) is 0. The molecule has 0 bridgehead atoms. The summed E-state index contributed by atoms with van der Waals surface area (Å²) in [7, 11) is 0. The van der Waals surface area contributed by atoms with E-state index in [-0.39, 0.29) is 17.5 Å². The predicted molar refractivity (Wildman–Crippen MR) is 142 cm³/mol. The first kappa shape index (κ1) is 26.0. The van der Waals surface area contributed by atoms with Gasteiger partial charge in [0, 0.05) is 12.3 Å². The van der Waals surface area contributed by atoms with E-state index in [1.165, 1.54) is 56.1 Å². The number of hydrogen-bond acceptors (Lipinski definition) is 2.